The van der Waals surface area contributed by atoms with Gasteiger partial charge in [-0.05, 0) is 50.7 Å². The van der Waals surface area contributed by atoms with Gasteiger partial charge in [0, 0.05) is 18.7 Å². The van der Waals surface area contributed by atoms with E-state index in [1.165, 1.54) is 11.8 Å². The van der Waals surface area contributed by atoms with Gasteiger partial charge in [-0.1, -0.05) is 37.7 Å². The summed E-state index contributed by atoms with van der Waals surface area (Å²) in [6, 6.07) is 7.75. The lowest BCUT2D eigenvalue weighted by molar-refractivity contribution is -0.121. The van der Waals surface area contributed by atoms with Crippen molar-refractivity contribution in [1.82, 2.24) is 29.5 Å². The normalized spacial score (nSPS) is 15.4. The van der Waals surface area contributed by atoms with Crippen LogP contribution in [0.2, 0.25) is 0 Å². The van der Waals surface area contributed by atoms with E-state index in [0.29, 0.717) is 28.5 Å². The maximum absolute atomic E-state index is 13.2. The predicted molar refractivity (Wildman–Crippen MR) is 128 cm³/mol. The van der Waals surface area contributed by atoms with E-state index in [4.69, 9.17) is 4.98 Å². The molecule has 4 rings (SSSR count). The first-order valence-corrected chi connectivity index (χ1v) is 12.2. The number of nitrogens with one attached hydrogen (secondary N) is 1. The summed E-state index contributed by atoms with van der Waals surface area (Å²) in [6.07, 6.45) is 2.78. The van der Waals surface area contributed by atoms with Gasteiger partial charge in [-0.3, -0.25) is 14.2 Å². The maximum atomic E-state index is 13.2. The van der Waals surface area contributed by atoms with E-state index in [9.17, 15) is 9.59 Å². The summed E-state index contributed by atoms with van der Waals surface area (Å²) < 4.78 is 3.38. The number of carbonyl (C=O) groups is 1. The third-order valence-corrected chi connectivity index (χ3v) is 7.00. The molecule has 1 unspecified atom stereocenters. The highest BCUT2D eigenvalue weighted by atomic mass is 32.2. The monoisotopic (exact) mass is 454 g/mol. The molecule has 32 heavy (non-hydrogen) atoms. The summed E-state index contributed by atoms with van der Waals surface area (Å²) in [6.45, 7) is 9.97. The molecule has 0 saturated heterocycles. The van der Waals surface area contributed by atoms with E-state index in [2.05, 4.69) is 29.2 Å². The van der Waals surface area contributed by atoms with Gasteiger partial charge in [-0.25, -0.2) is 9.67 Å². The molecule has 1 aromatic carbocycles. The fourth-order valence-electron chi connectivity index (χ4n) is 4.09. The Morgan fingerprint density at radius 3 is 2.88 bits per heavy atom. The second-order valence-electron chi connectivity index (χ2n) is 8.10. The van der Waals surface area contributed by atoms with Crippen LogP contribution < -0.4 is 10.9 Å². The summed E-state index contributed by atoms with van der Waals surface area (Å²) in [7, 11) is 0. The number of amides is 1. The predicted octanol–water partition coefficient (Wildman–Crippen LogP) is 2.78. The molecule has 170 valence electrons. The summed E-state index contributed by atoms with van der Waals surface area (Å²) >= 11 is 1.52. The van der Waals surface area contributed by atoms with Crippen LogP contribution in [0.15, 0.2) is 40.4 Å². The van der Waals surface area contributed by atoms with E-state index < -0.39 is 0 Å². The largest absolute Gasteiger partial charge is 0.356 e. The quantitative estimate of drug-likeness (QED) is 0.395. The highest BCUT2D eigenvalue weighted by Gasteiger charge is 2.29. The van der Waals surface area contributed by atoms with Gasteiger partial charge < -0.3 is 10.2 Å². The Morgan fingerprint density at radius 2 is 2.12 bits per heavy atom. The molecular weight excluding hydrogens is 424 g/mol. The molecule has 0 aliphatic carbocycles. The van der Waals surface area contributed by atoms with Gasteiger partial charge in [0.1, 0.15) is 5.39 Å². The molecular formula is C23H30N6O2S. The first-order chi connectivity index (χ1) is 15.5. The number of hydrogen-bond donors (Lipinski definition) is 1. The fourth-order valence-corrected chi connectivity index (χ4v) is 5.22. The molecule has 1 N–H and O–H groups in total. The van der Waals surface area contributed by atoms with Crippen molar-refractivity contribution in [1.29, 1.82) is 0 Å². The van der Waals surface area contributed by atoms with Crippen molar-refractivity contribution in [3.63, 3.8) is 0 Å². The zero-order chi connectivity index (χ0) is 22.7. The summed E-state index contributed by atoms with van der Waals surface area (Å²) in [5.41, 5.74) is 2.41. The van der Waals surface area contributed by atoms with Crippen LogP contribution in [0.3, 0.4) is 0 Å². The van der Waals surface area contributed by atoms with Crippen molar-refractivity contribution in [2.45, 2.75) is 44.8 Å². The van der Waals surface area contributed by atoms with E-state index >= 15 is 0 Å². The van der Waals surface area contributed by atoms with Crippen LogP contribution in [-0.2, 0) is 4.79 Å². The topological polar surface area (TPSA) is 85.1 Å². The lowest BCUT2D eigenvalue weighted by Gasteiger charge is -2.18. The third kappa shape index (κ3) is 4.59. The molecule has 0 spiro atoms. The van der Waals surface area contributed by atoms with Crippen LogP contribution in [0.5, 0.6) is 0 Å². The van der Waals surface area contributed by atoms with Crippen LogP contribution in [0.1, 0.15) is 38.3 Å². The van der Waals surface area contributed by atoms with Gasteiger partial charge in [0.2, 0.25) is 5.91 Å². The smallest absolute Gasteiger partial charge is 0.265 e. The van der Waals surface area contributed by atoms with Crippen molar-refractivity contribution in [3.05, 3.63) is 46.4 Å². The molecule has 0 bridgehead atoms. The van der Waals surface area contributed by atoms with Crippen LogP contribution in [0, 0.1) is 6.92 Å². The van der Waals surface area contributed by atoms with Gasteiger partial charge in [0.25, 0.3) is 5.56 Å². The number of aryl methyl sites for hydroxylation is 1. The average Bonchev–Trinajstić information content (AvgIpc) is 3.39. The van der Waals surface area contributed by atoms with Crippen LogP contribution in [0.4, 0.5) is 0 Å². The first kappa shape index (κ1) is 22.5. The molecule has 0 fully saturated rings. The molecule has 2 aromatic heterocycles. The SMILES string of the molecule is CCN(CC)CCCNC(=O)CC1CSc2nc3c(cnn3-c3cccc(C)c3)c(=O)n21. The minimum Gasteiger partial charge on any atom is -0.356 e. The highest BCUT2D eigenvalue weighted by Crippen LogP contribution is 2.33. The zero-order valence-corrected chi connectivity index (χ0v) is 19.7. The van der Waals surface area contributed by atoms with Crippen molar-refractivity contribution in [3.8, 4) is 5.69 Å². The zero-order valence-electron chi connectivity index (χ0n) is 18.9. The van der Waals surface area contributed by atoms with E-state index in [1.807, 2.05) is 31.2 Å². The maximum Gasteiger partial charge on any atom is 0.265 e. The molecule has 3 heterocycles. The average molecular weight is 455 g/mol. The number of hydrogen-bond acceptors (Lipinski definition) is 6. The Kier molecular flexibility index (Phi) is 6.95. The molecule has 3 aromatic rings. The van der Waals surface area contributed by atoms with E-state index in [1.54, 1.807) is 15.4 Å². The third-order valence-electron chi connectivity index (χ3n) is 5.91. The van der Waals surface area contributed by atoms with E-state index in [-0.39, 0.29) is 23.9 Å². The summed E-state index contributed by atoms with van der Waals surface area (Å²) in [4.78, 5) is 32.8. The first-order valence-electron chi connectivity index (χ1n) is 11.2. The van der Waals surface area contributed by atoms with Gasteiger partial charge in [-0.15, -0.1) is 0 Å². The summed E-state index contributed by atoms with van der Waals surface area (Å²) in [5, 5.41) is 8.55. The standard InChI is InChI=1S/C23H30N6O2S/c1-4-27(5-2)11-7-10-24-20(30)13-18-15-32-23-26-21-19(22(31)28(18)23)14-25-29(21)17-9-6-8-16(3)12-17/h6,8-9,12,14,18H,4-5,7,10-11,13,15H2,1-3H3,(H,24,30). The number of thioether (sulfide) groups is 1. The Morgan fingerprint density at radius 1 is 1.31 bits per heavy atom. The molecule has 1 amide bonds. The molecule has 1 atom stereocenters. The van der Waals surface area contributed by atoms with Gasteiger partial charge >= 0.3 is 0 Å². The second kappa shape index (κ2) is 9.87. The van der Waals surface area contributed by atoms with Crippen molar-refractivity contribution in [2.24, 2.45) is 0 Å². The van der Waals surface area contributed by atoms with Crippen molar-refractivity contribution < 1.29 is 4.79 Å². The van der Waals surface area contributed by atoms with E-state index in [0.717, 1.165) is 37.3 Å². The van der Waals surface area contributed by atoms with Crippen LogP contribution >= 0.6 is 11.8 Å². The lowest BCUT2D eigenvalue weighted by Crippen LogP contribution is -2.32. The minimum atomic E-state index is -0.190. The highest BCUT2D eigenvalue weighted by molar-refractivity contribution is 7.99. The summed E-state index contributed by atoms with van der Waals surface area (Å²) in [5.74, 6) is 0.644. The van der Waals surface area contributed by atoms with Crippen LogP contribution in [-0.4, -0.2) is 62.1 Å². The number of nitrogens with zero attached hydrogens (tertiary/aromatic N) is 5. The Balaban J connectivity index is 1.48. The molecule has 8 nitrogen and oxygen atoms in total. The number of benzene rings is 1. The molecule has 0 saturated carbocycles. The Hall–Kier alpha value is -2.65. The second-order valence-corrected chi connectivity index (χ2v) is 9.09. The minimum absolute atomic E-state index is 0.0227. The molecule has 1 aliphatic heterocycles. The van der Waals surface area contributed by atoms with Gasteiger partial charge in [0.05, 0.1) is 17.9 Å². The fraction of sp³-hybridized carbons (Fsp3) is 0.478. The number of carbonyl (C=O) groups excluding carboxylic acids is 1. The number of rotatable bonds is 9. The number of fused-ring (bicyclic) bond motifs is 2. The van der Waals surface area contributed by atoms with Gasteiger partial charge in [-0.2, -0.15) is 5.10 Å². The lowest BCUT2D eigenvalue weighted by atomic mass is 10.2. The number of aromatic nitrogens is 4. The van der Waals surface area contributed by atoms with Crippen molar-refractivity contribution in [2.75, 3.05) is 31.9 Å². The Bertz CT molecular complexity index is 1170. The molecule has 0 radical (unpaired) electrons. The van der Waals surface area contributed by atoms with Gasteiger partial charge in [0.15, 0.2) is 10.8 Å². The Labute approximate surface area is 192 Å². The molecule has 1 aliphatic rings. The molecule has 9 heteroatoms. The van der Waals surface area contributed by atoms with Crippen molar-refractivity contribution >= 4 is 28.7 Å². The van der Waals surface area contributed by atoms with Crippen LogP contribution in [0.25, 0.3) is 16.7 Å².